The average Bonchev–Trinajstić information content (AvgIpc) is 3.00. The van der Waals surface area contributed by atoms with E-state index in [0.717, 1.165) is 19.3 Å². The second-order valence-corrected chi connectivity index (χ2v) is 5.94. The van der Waals surface area contributed by atoms with Gasteiger partial charge in [0.1, 0.15) is 0 Å². The molecule has 0 bridgehead atoms. The lowest BCUT2D eigenvalue weighted by atomic mass is 9.95. The summed E-state index contributed by atoms with van der Waals surface area (Å²) in [5, 5.41) is 12.3. The molecule has 1 aliphatic carbocycles. The van der Waals surface area contributed by atoms with Gasteiger partial charge >= 0.3 is 0 Å². The molecule has 1 N–H and O–H groups in total. The molecule has 0 amide bonds. The third kappa shape index (κ3) is 1.22. The van der Waals surface area contributed by atoms with E-state index in [9.17, 15) is 5.11 Å². The van der Waals surface area contributed by atoms with Crippen molar-refractivity contribution in [2.75, 3.05) is 0 Å². The number of hydrogen-bond donors (Lipinski definition) is 1. The Labute approximate surface area is 104 Å². The quantitative estimate of drug-likeness (QED) is 0.840. The van der Waals surface area contributed by atoms with Gasteiger partial charge in [0.15, 0.2) is 0 Å². The van der Waals surface area contributed by atoms with Crippen LogP contribution in [0.3, 0.4) is 0 Å². The van der Waals surface area contributed by atoms with Crippen molar-refractivity contribution in [1.29, 1.82) is 0 Å². The second-order valence-electron chi connectivity index (χ2n) is 4.99. The fourth-order valence-electron chi connectivity index (χ4n) is 3.36. The summed E-state index contributed by atoms with van der Waals surface area (Å²) in [6.45, 7) is 0. The van der Waals surface area contributed by atoms with Crippen molar-refractivity contribution < 1.29 is 5.11 Å². The van der Waals surface area contributed by atoms with Crippen LogP contribution in [-0.4, -0.2) is 20.8 Å². The molecular formula is C13H14N2OS. The zero-order chi connectivity index (χ0) is 11.4. The van der Waals surface area contributed by atoms with Crippen molar-refractivity contribution in [1.82, 2.24) is 9.55 Å². The molecule has 2 aliphatic rings. The number of aromatic nitrogens is 2. The first kappa shape index (κ1) is 9.85. The van der Waals surface area contributed by atoms with Gasteiger partial charge in [0.25, 0.3) is 0 Å². The number of aliphatic hydroxyl groups excluding tert-OH is 1. The van der Waals surface area contributed by atoms with Crippen LogP contribution in [0.5, 0.6) is 0 Å². The minimum absolute atomic E-state index is 0.150. The molecule has 0 radical (unpaired) electrons. The molecule has 2 unspecified atom stereocenters. The SMILES string of the molecule is O[C@H]1CCCC1C1c2sccc2-c2cncn21. The number of fused-ring (bicyclic) bond motifs is 3. The van der Waals surface area contributed by atoms with Gasteiger partial charge in [0.2, 0.25) is 0 Å². The molecule has 0 saturated heterocycles. The molecule has 3 atom stereocenters. The Morgan fingerprint density at radius 1 is 1.41 bits per heavy atom. The largest absolute Gasteiger partial charge is 0.393 e. The summed E-state index contributed by atoms with van der Waals surface area (Å²) in [4.78, 5) is 5.67. The van der Waals surface area contributed by atoms with Crippen molar-refractivity contribution in [3.05, 3.63) is 28.8 Å². The molecule has 3 nitrogen and oxygen atoms in total. The van der Waals surface area contributed by atoms with E-state index in [1.807, 2.05) is 23.9 Å². The summed E-state index contributed by atoms with van der Waals surface area (Å²) >= 11 is 1.81. The first-order chi connectivity index (χ1) is 8.36. The molecule has 4 rings (SSSR count). The van der Waals surface area contributed by atoms with Crippen molar-refractivity contribution in [3.8, 4) is 11.3 Å². The maximum absolute atomic E-state index is 10.1. The highest BCUT2D eigenvalue weighted by Gasteiger charge is 2.40. The Morgan fingerprint density at radius 2 is 2.35 bits per heavy atom. The molecule has 17 heavy (non-hydrogen) atoms. The third-order valence-corrected chi connectivity index (χ3v) is 5.13. The highest BCUT2D eigenvalue weighted by Crippen LogP contribution is 2.49. The Morgan fingerprint density at radius 3 is 3.18 bits per heavy atom. The minimum Gasteiger partial charge on any atom is -0.393 e. The van der Waals surface area contributed by atoms with Gasteiger partial charge in [-0.25, -0.2) is 4.98 Å². The highest BCUT2D eigenvalue weighted by atomic mass is 32.1. The van der Waals surface area contributed by atoms with E-state index in [0.29, 0.717) is 12.0 Å². The van der Waals surface area contributed by atoms with Crippen molar-refractivity contribution in [2.45, 2.75) is 31.4 Å². The van der Waals surface area contributed by atoms with Gasteiger partial charge in [-0.15, -0.1) is 11.3 Å². The third-order valence-electron chi connectivity index (χ3n) is 4.14. The summed E-state index contributed by atoms with van der Waals surface area (Å²) in [6, 6.07) is 2.49. The number of rotatable bonds is 1. The molecular weight excluding hydrogens is 232 g/mol. The lowest BCUT2D eigenvalue weighted by Crippen LogP contribution is -2.23. The first-order valence-corrected chi connectivity index (χ1v) is 7.02. The van der Waals surface area contributed by atoms with Crippen LogP contribution in [0.2, 0.25) is 0 Å². The number of nitrogens with zero attached hydrogens (tertiary/aromatic N) is 2. The number of imidazole rings is 1. The van der Waals surface area contributed by atoms with E-state index < -0.39 is 0 Å². The predicted molar refractivity (Wildman–Crippen MR) is 67.0 cm³/mol. The van der Waals surface area contributed by atoms with Gasteiger partial charge in [0, 0.05) is 16.4 Å². The van der Waals surface area contributed by atoms with E-state index in [1.165, 1.54) is 16.1 Å². The van der Waals surface area contributed by atoms with E-state index in [4.69, 9.17) is 0 Å². The predicted octanol–water partition coefficient (Wildman–Crippen LogP) is 2.68. The Bertz CT molecular complexity index is 519. The van der Waals surface area contributed by atoms with Crippen LogP contribution in [0, 0.1) is 5.92 Å². The lowest BCUT2D eigenvalue weighted by Gasteiger charge is -2.23. The summed E-state index contributed by atoms with van der Waals surface area (Å²) in [5.74, 6) is 0.364. The van der Waals surface area contributed by atoms with Crippen LogP contribution in [0.1, 0.15) is 30.2 Å². The molecule has 4 heteroatoms. The summed E-state index contributed by atoms with van der Waals surface area (Å²) < 4.78 is 2.25. The number of thiophene rings is 1. The zero-order valence-corrected chi connectivity index (χ0v) is 10.2. The topological polar surface area (TPSA) is 38.1 Å². The molecule has 0 aromatic carbocycles. The summed E-state index contributed by atoms with van der Waals surface area (Å²) in [7, 11) is 0. The van der Waals surface area contributed by atoms with Gasteiger partial charge in [0.05, 0.1) is 30.4 Å². The summed E-state index contributed by atoms with van der Waals surface area (Å²) in [5.41, 5.74) is 2.53. The van der Waals surface area contributed by atoms with E-state index in [1.54, 1.807) is 0 Å². The molecule has 2 aromatic heterocycles. The van der Waals surface area contributed by atoms with Crippen molar-refractivity contribution >= 4 is 11.3 Å². The number of aliphatic hydroxyl groups is 1. The Hall–Kier alpha value is -1.13. The molecule has 0 spiro atoms. The van der Waals surface area contributed by atoms with Gasteiger partial charge in [-0.05, 0) is 24.3 Å². The Kier molecular flexibility index (Phi) is 1.99. The maximum Gasteiger partial charge on any atom is 0.0957 e. The molecule has 1 saturated carbocycles. The van der Waals surface area contributed by atoms with E-state index in [-0.39, 0.29) is 6.10 Å². The van der Waals surface area contributed by atoms with Gasteiger partial charge in [-0.2, -0.15) is 0 Å². The minimum atomic E-state index is -0.150. The standard InChI is InChI=1S/C13H14N2OS/c16-11-3-1-2-9(11)12-13-8(4-5-17-13)10-6-14-7-15(10)12/h4-7,9,11-12,16H,1-3H2/t9?,11-,12?/m0/s1. The molecule has 2 aromatic rings. The van der Waals surface area contributed by atoms with E-state index >= 15 is 0 Å². The molecule has 1 fully saturated rings. The zero-order valence-electron chi connectivity index (χ0n) is 9.41. The maximum atomic E-state index is 10.1. The monoisotopic (exact) mass is 246 g/mol. The van der Waals surface area contributed by atoms with Gasteiger partial charge in [-0.3, -0.25) is 0 Å². The van der Waals surface area contributed by atoms with Crippen molar-refractivity contribution in [3.63, 3.8) is 0 Å². The normalized spacial score (nSPS) is 30.5. The molecule has 1 aliphatic heterocycles. The fraction of sp³-hybridized carbons (Fsp3) is 0.462. The fourth-order valence-corrected chi connectivity index (χ4v) is 4.44. The second kappa shape index (κ2) is 3.43. The molecule has 88 valence electrons. The highest BCUT2D eigenvalue weighted by molar-refractivity contribution is 7.10. The number of hydrogen-bond acceptors (Lipinski definition) is 3. The van der Waals surface area contributed by atoms with Crippen LogP contribution in [0.25, 0.3) is 11.3 Å². The van der Waals surface area contributed by atoms with Crippen LogP contribution >= 0.6 is 11.3 Å². The van der Waals surface area contributed by atoms with Crippen LogP contribution < -0.4 is 0 Å². The first-order valence-electron chi connectivity index (χ1n) is 6.14. The lowest BCUT2D eigenvalue weighted by molar-refractivity contribution is 0.113. The van der Waals surface area contributed by atoms with E-state index in [2.05, 4.69) is 21.0 Å². The average molecular weight is 246 g/mol. The Balaban J connectivity index is 1.87. The van der Waals surface area contributed by atoms with Crippen molar-refractivity contribution in [2.24, 2.45) is 5.92 Å². The van der Waals surface area contributed by atoms with Crippen LogP contribution in [0.4, 0.5) is 0 Å². The smallest absolute Gasteiger partial charge is 0.0957 e. The van der Waals surface area contributed by atoms with Crippen LogP contribution in [0.15, 0.2) is 24.0 Å². The van der Waals surface area contributed by atoms with Gasteiger partial charge < -0.3 is 9.67 Å². The molecule has 3 heterocycles. The van der Waals surface area contributed by atoms with Crippen LogP contribution in [-0.2, 0) is 0 Å². The van der Waals surface area contributed by atoms with Gasteiger partial charge in [-0.1, -0.05) is 6.42 Å². The summed E-state index contributed by atoms with van der Waals surface area (Å²) in [6.07, 6.45) is 6.92.